The largest absolute Gasteiger partial charge is 0.351 e. The number of para-hydroxylation sites is 1. The molecule has 106 valence electrons. The van der Waals surface area contributed by atoms with E-state index in [2.05, 4.69) is 5.32 Å². The first-order chi connectivity index (χ1) is 9.53. The third kappa shape index (κ3) is 2.70. The van der Waals surface area contributed by atoms with Crippen LogP contribution in [-0.4, -0.2) is 36.4 Å². The highest BCUT2D eigenvalue weighted by molar-refractivity contribution is 7.91. The van der Waals surface area contributed by atoms with Crippen LogP contribution in [0.25, 0.3) is 10.9 Å². The number of amides is 1. The molecular weight excluding hydrogens is 276 g/mol. The van der Waals surface area contributed by atoms with Crippen LogP contribution in [-0.2, 0) is 21.2 Å². The molecule has 1 N–H and O–H groups in total. The predicted molar refractivity (Wildman–Crippen MR) is 77.1 cm³/mol. The van der Waals surface area contributed by atoms with Gasteiger partial charge in [-0.05, 0) is 23.9 Å². The van der Waals surface area contributed by atoms with Gasteiger partial charge in [0.25, 0.3) is 0 Å². The lowest BCUT2D eigenvalue weighted by Gasteiger charge is -2.11. The van der Waals surface area contributed by atoms with Crippen LogP contribution >= 0.6 is 0 Å². The van der Waals surface area contributed by atoms with E-state index in [1.54, 1.807) is 0 Å². The third-order valence-corrected chi connectivity index (χ3v) is 5.36. The van der Waals surface area contributed by atoms with Gasteiger partial charge >= 0.3 is 0 Å². The first-order valence-corrected chi connectivity index (χ1v) is 8.39. The van der Waals surface area contributed by atoms with Gasteiger partial charge < -0.3 is 9.88 Å². The number of nitrogens with one attached hydrogen (secondary N) is 1. The summed E-state index contributed by atoms with van der Waals surface area (Å²) in [5, 5.41) is 3.89. The molecule has 1 aromatic heterocycles. The molecule has 0 aliphatic carbocycles. The second kappa shape index (κ2) is 4.94. The molecule has 1 aliphatic rings. The van der Waals surface area contributed by atoms with E-state index in [0.29, 0.717) is 6.42 Å². The van der Waals surface area contributed by atoms with E-state index in [9.17, 15) is 13.2 Å². The average molecular weight is 292 g/mol. The molecule has 5 nitrogen and oxygen atoms in total. The first-order valence-electron chi connectivity index (χ1n) is 6.57. The summed E-state index contributed by atoms with van der Waals surface area (Å²) in [5.74, 6) is 0.0868. The fourth-order valence-corrected chi connectivity index (χ4v) is 4.29. The summed E-state index contributed by atoms with van der Waals surface area (Å²) in [6, 6.07) is 9.56. The Morgan fingerprint density at radius 1 is 1.30 bits per heavy atom. The molecule has 1 aromatic carbocycles. The first kappa shape index (κ1) is 13.2. The quantitative estimate of drug-likeness (QED) is 0.915. The Hall–Kier alpha value is -1.82. The predicted octanol–water partition coefficient (Wildman–Crippen LogP) is 0.945. The Bertz CT molecular complexity index is 749. The van der Waals surface area contributed by atoms with Crippen molar-refractivity contribution >= 4 is 26.6 Å². The van der Waals surface area contributed by atoms with E-state index >= 15 is 0 Å². The molecule has 6 heteroatoms. The summed E-state index contributed by atoms with van der Waals surface area (Å²) >= 11 is 0. The van der Waals surface area contributed by atoms with Gasteiger partial charge in [-0.3, -0.25) is 4.79 Å². The van der Waals surface area contributed by atoms with Crippen molar-refractivity contribution in [1.29, 1.82) is 0 Å². The van der Waals surface area contributed by atoms with Crippen molar-refractivity contribution in [3.8, 4) is 0 Å². The molecule has 1 amide bonds. The van der Waals surface area contributed by atoms with Crippen molar-refractivity contribution < 1.29 is 13.2 Å². The molecule has 2 aromatic rings. The van der Waals surface area contributed by atoms with Gasteiger partial charge in [-0.15, -0.1) is 0 Å². The molecule has 0 radical (unpaired) electrons. The van der Waals surface area contributed by atoms with E-state index in [1.807, 2.05) is 41.1 Å². The van der Waals surface area contributed by atoms with Crippen molar-refractivity contribution in [3.63, 3.8) is 0 Å². The zero-order chi connectivity index (χ0) is 14.2. The van der Waals surface area contributed by atoms with Crippen molar-refractivity contribution in [2.45, 2.75) is 19.0 Å². The number of nitrogens with zero attached hydrogens (tertiary/aromatic N) is 1. The molecule has 1 fully saturated rings. The Kier molecular flexibility index (Phi) is 3.25. The fourth-order valence-electron chi connectivity index (χ4n) is 2.62. The molecular formula is C14H16N2O3S. The minimum Gasteiger partial charge on any atom is -0.351 e. The lowest BCUT2D eigenvalue weighted by molar-refractivity contribution is -0.122. The molecule has 3 rings (SSSR count). The average Bonchev–Trinajstić information content (AvgIpc) is 2.94. The van der Waals surface area contributed by atoms with Crippen LogP contribution in [0.5, 0.6) is 0 Å². The number of hydrogen-bond acceptors (Lipinski definition) is 3. The van der Waals surface area contributed by atoms with E-state index < -0.39 is 9.84 Å². The monoisotopic (exact) mass is 292 g/mol. The van der Waals surface area contributed by atoms with E-state index in [-0.39, 0.29) is 30.0 Å². The second-order valence-corrected chi connectivity index (χ2v) is 7.40. The Labute approximate surface area is 117 Å². The summed E-state index contributed by atoms with van der Waals surface area (Å²) in [6.45, 7) is 0.212. The maximum absolute atomic E-state index is 12.0. The molecule has 1 aliphatic heterocycles. The van der Waals surface area contributed by atoms with Crippen LogP contribution in [0.4, 0.5) is 0 Å². The highest BCUT2D eigenvalue weighted by Crippen LogP contribution is 2.15. The van der Waals surface area contributed by atoms with Crippen LogP contribution in [0, 0.1) is 0 Å². The third-order valence-electron chi connectivity index (χ3n) is 3.59. The fraction of sp³-hybridized carbons (Fsp3) is 0.357. The maximum atomic E-state index is 12.0. The van der Waals surface area contributed by atoms with Crippen molar-refractivity contribution in [3.05, 3.63) is 36.5 Å². The maximum Gasteiger partial charge on any atom is 0.240 e. The number of carbonyl (C=O) groups excluding carboxylic acids is 1. The van der Waals surface area contributed by atoms with E-state index in [4.69, 9.17) is 0 Å². The number of benzene rings is 1. The van der Waals surface area contributed by atoms with Gasteiger partial charge in [0.1, 0.15) is 6.54 Å². The molecule has 0 bridgehead atoms. The van der Waals surface area contributed by atoms with E-state index in [1.165, 1.54) is 0 Å². The normalized spacial score (nSPS) is 21.1. The Morgan fingerprint density at radius 2 is 2.10 bits per heavy atom. The SMILES string of the molecule is O=C(Cn1ccc2ccccc21)NC1CCS(=O)(=O)C1. The Morgan fingerprint density at radius 3 is 2.85 bits per heavy atom. The minimum atomic E-state index is -2.96. The van der Waals surface area contributed by atoms with Crippen molar-refractivity contribution in [2.75, 3.05) is 11.5 Å². The van der Waals surface area contributed by atoms with Crippen LogP contribution in [0.3, 0.4) is 0 Å². The zero-order valence-electron chi connectivity index (χ0n) is 11.0. The molecule has 0 spiro atoms. The highest BCUT2D eigenvalue weighted by atomic mass is 32.2. The smallest absolute Gasteiger partial charge is 0.240 e. The summed E-state index contributed by atoms with van der Waals surface area (Å²) in [4.78, 5) is 12.0. The minimum absolute atomic E-state index is 0.0607. The van der Waals surface area contributed by atoms with Gasteiger partial charge in [0, 0.05) is 17.8 Å². The van der Waals surface area contributed by atoms with Crippen LogP contribution in [0.2, 0.25) is 0 Å². The number of fused-ring (bicyclic) bond motifs is 1. The van der Waals surface area contributed by atoms with Crippen molar-refractivity contribution in [1.82, 2.24) is 9.88 Å². The van der Waals surface area contributed by atoms with Gasteiger partial charge in [0.05, 0.1) is 11.5 Å². The van der Waals surface area contributed by atoms with Gasteiger partial charge in [-0.25, -0.2) is 8.42 Å². The summed E-state index contributed by atoms with van der Waals surface area (Å²) < 4.78 is 24.6. The number of aromatic nitrogens is 1. The molecule has 0 saturated carbocycles. The van der Waals surface area contributed by atoms with Gasteiger partial charge in [0.15, 0.2) is 9.84 Å². The van der Waals surface area contributed by atoms with Gasteiger partial charge in [0.2, 0.25) is 5.91 Å². The molecule has 20 heavy (non-hydrogen) atoms. The highest BCUT2D eigenvalue weighted by Gasteiger charge is 2.28. The number of carbonyl (C=O) groups is 1. The van der Waals surface area contributed by atoms with Crippen LogP contribution in [0.1, 0.15) is 6.42 Å². The lowest BCUT2D eigenvalue weighted by atomic mass is 10.2. The van der Waals surface area contributed by atoms with Gasteiger partial charge in [-0.2, -0.15) is 0 Å². The number of sulfone groups is 1. The second-order valence-electron chi connectivity index (χ2n) is 5.17. The molecule has 1 atom stereocenters. The van der Waals surface area contributed by atoms with Gasteiger partial charge in [-0.1, -0.05) is 18.2 Å². The van der Waals surface area contributed by atoms with E-state index in [0.717, 1.165) is 10.9 Å². The summed E-state index contributed by atoms with van der Waals surface area (Å²) in [6.07, 6.45) is 2.39. The molecule has 1 unspecified atom stereocenters. The number of rotatable bonds is 3. The lowest BCUT2D eigenvalue weighted by Crippen LogP contribution is -2.37. The molecule has 2 heterocycles. The summed E-state index contributed by atoms with van der Waals surface area (Å²) in [5.41, 5.74) is 1.00. The zero-order valence-corrected chi connectivity index (χ0v) is 11.8. The van der Waals surface area contributed by atoms with Crippen LogP contribution in [0.15, 0.2) is 36.5 Å². The molecule has 1 saturated heterocycles. The van der Waals surface area contributed by atoms with Crippen LogP contribution < -0.4 is 5.32 Å². The standard InChI is InChI=1S/C14H16N2O3S/c17-14(15-12-6-8-20(18,19)10-12)9-16-7-5-11-3-1-2-4-13(11)16/h1-5,7,12H,6,8-10H2,(H,15,17). The number of hydrogen-bond donors (Lipinski definition) is 1. The Balaban J connectivity index is 1.67. The van der Waals surface area contributed by atoms with Crippen molar-refractivity contribution in [2.24, 2.45) is 0 Å². The topological polar surface area (TPSA) is 68.2 Å². The summed E-state index contributed by atoms with van der Waals surface area (Å²) in [7, 11) is -2.96.